The van der Waals surface area contributed by atoms with E-state index in [0.29, 0.717) is 11.0 Å². The Morgan fingerprint density at radius 2 is 1.82 bits per heavy atom. The molecular formula is C25H29N5OS3. The summed E-state index contributed by atoms with van der Waals surface area (Å²) < 4.78 is 2.10. The highest BCUT2D eigenvalue weighted by Crippen LogP contribution is 2.33. The first-order valence-corrected chi connectivity index (χ1v) is 14.0. The minimum atomic E-state index is -0.108. The van der Waals surface area contributed by atoms with Crippen molar-refractivity contribution >= 4 is 45.5 Å². The molecule has 4 rings (SSSR count). The quantitative estimate of drug-likeness (QED) is 0.254. The van der Waals surface area contributed by atoms with Gasteiger partial charge in [0.25, 0.3) is 0 Å². The molecule has 0 radical (unpaired) electrons. The van der Waals surface area contributed by atoms with Crippen LogP contribution in [0, 0.1) is 13.8 Å². The average molecular weight is 512 g/mol. The molecule has 9 heteroatoms. The number of rotatable bonds is 8. The molecule has 0 aliphatic carbocycles. The van der Waals surface area contributed by atoms with Crippen LogP contribution in [0.1, 0.15) is 55.7 Å². The Hall–Kier alpha value is -2.49. The van der Waals surface area contributed by atoms with Gasteiger partial charge >= 0.3 is 0 Å². The number of thiophene rings is 1. The number of hydrogen-bond acceptors (Lipinski definition) is 7. The smallest absolute Gasteiger partial charge is 0.236 e. The fraction of sp³-hybridized carbons (Fsp3) is 0.360. The van der Waals surface area contributed by atoms with Gasteiger partial charge in [0.05, 0.1) is 11.4 Å². The van der Waals surface area contributed by atoms with E-state index in [1.807, 2.05) is 5.38 Å². The lowest BCUT2D eigenvalue weighted by atomic mass is 10.1. The summed E-state index contributed by atoms with van der Waals surface area (Å²) >= 11 is 4.58. The summed E-state index contributed by atoms with van der Waals surface area (Å²) in [5.74, 6) is 1.46. The number of anilines is 1. The van der Waals surface area contributed by atoms with Crippen LogP contribution >= 0.6 is 34.4 Å². The lowest BCUT2D eigenvalue weighted by Gasteiger charge is -2.13. The molecule has 0 saturated heterocycles. The van der Waals surface area contributed by atoms with Crippen LogP contribution in [-0.2, 0) is 4.79 Å². The first-order valence-electron chi connectivity index (χ1n) is 11.2. The van der Waals surface area contributed by atoms with Crippen LogP contribution in [0.3, 0.4) is 0 Å². The molecule has 4 aromatic rings. The monoisotopic (exact) mass is 511 g/mol. The van der Waals surface area contributed by atoms with E-state index in [1.165, 1.54) is 39.1 Å². The predicted octanol–water partition coefficient (Wildman–Crippen LogP) is 7.18. The van der Waals surface area contributed by atoms with Crippen molar-refractivity contribution in [2.45, 2.75) is 58.7 Å². The van der Waals surface area contributed by atoms with Crippen molar-refractivity contribution in [1.29, 1.82) is 0 Å². The summed E-state index contributed by atoms with van der Waals surface area (Å²) in [6.45, 7) is 12.8. The van der Waals surface area contributed by atoms with Crippen LogP contribution in [-0.4, -0.2) is 31.4 Å². The fourth-order valence-corrected chi connectivity index (χ4v) is 5.97. The first-order chi connectivity index (χ1) is 16.2. The largest absolute Gasteiger partial charge is 0.301 e. The number of nitrogens with zero attached hydrogens (tertiary/aromatic N) is 4. The van der Waals surface area contributed by atoms with Gasteiger partial charge in [0.2, 0.25) is 5.91 Å². The van der Waals surface area contributed by atoms with E-state index in [-0.39, 0.29) is 17.7 Å². The molecular weight excluding hydrogens is 483 g/mol. The summed E-state index contributed by atoms with van der Waals surface area (Å²) in [7, 11) is 0. The summed E-state index contributed by atoms with van der Waals surface area (Å²) in [6, 6.07) is 8.65. The number of benzene rings is 1. The third-order valence-corrected chi connectivity index (χ3v) is 8.45. The highest BCUT2D eigenvalue weighted by Gasteiger charge is 2.19. The lowest BCUT2D eigenvalue weighted by molar-refractivity contribution is -0.113. The van der Waals surface area contributed by atoms with E-state index in [9.17, 15) is 4.79 Å². The van der Waals surface area contributed by atoms with Gasteiger partial charge < -0.3 is 5.32 Å². The zero-order valence-electron chi connectivity index (χ0n) is 20.2. The maximum Gasteiger partial charge on any atom is 0.236 e. The normalized spacial score (nSPS) is 11.5. The third kappa shape index (κ3) is 5.42. The van der Waals surface area contributed by atoms with Gasteiger partial charge in [-0.3, -0.25) is 9.36 Å². The second-order valence-electron chi connectivity index (χ2n) is 8.84. The van der Waals surface area contributed by atoms with E-state index in [4.69, 9.17) is 0 Å². The second kappa shape index (κ2) is 10.4. The molecule has 34 heavy (non-hydrogen) atoms. The highest BCUT2D eigenvalue weighted by molar-refractivity contribution is 7.99. The number of aromatic nitrogens is 4. The lowest BCUT2D eigenvalue weighted by Crippen LogP contribution is -2.15. The van der Waals surface area contributed by atoms with Crippen LogP contribution in [0.2, 0.25) is 0 Å². The molecule has 0 bridgehead atoms. The van der Waals surface area contributed by atoms with Crippen molar-refractivity contribution in [3.63, 3.8) is 0 Å². The third-order valence-electron chi connectivity index (χ3n) is 5.51. The van der Waals surface area contributed by atoms with Gasteiger partial charge in [-0.05, 0) is 56.9 Å². The fourth-order valence-electron chi connectivity index (χ4n) is 3.46. The summed E-state index contributed by atoms with van der Waals surface area (Å²) in [5, 5.41) is 17.2. The zero-order chi connectivity index (χ0) is 24.4. The number of thiazole rings is 1. The molecule has 1 N–H and O–H groups in total. The molecule has 0 aliphatic rings. The SMILES string of the molecule is Cc1ccc(-c2csc(NC(=O)CSc3nnc(-c4csc(C(C)C)c4)n3C(C)C)n2)cc1C. The van der Waals surface area contributed by atoms with Gasteiger partial charge in [-0.2, -0.15) is 0 Å². The van der Waals surface area contributed by atoms with Crippen molar-refractivity contribution in [3.8, 4) is 22.6 Å². The number of carbonyl (C=O) groups is 1. The van der Waals surface area contributed by atoms with Crippen molar-refractivity contribution in [2.75, 3.05) is 11.1 Å². The molecule has 178 valence electrons. The van der Waals surface area contributed by atoms with Gasteiger partial charge in [0, 0.05) is 32.8 Å². The molecule has 6 nitrogen and oxygen atoms in total. The zero-order valence-corrected chi connectivity index (χ0v) is 22.7. The van der Waals surface area contributed by atoms with E-state index in [0.717, 1.165) is 27.8 Å². The van der Waals surface area contributed by atoms with Crippen LogP contribution in [0.5, 0.6) is 0 Å². The van der Waals surface area contributed by atoms with Crippen molar-refractivity contribution < 1.29 is 4.79 Å². The number of nitrogens with one attached hydrogen (secondary N) is 1. The Morgan fingerprint density at radius 3 is 2.50 bits per heavy atom. The molecule has 1 aromatic carbocycles. The summed E-state index contributed by atoms with van der Waals surface area (Å²) in [6.07, 6.45) is 0. The Morgan fingerprint density at radius 1 is 1.03 bits per heavy atom. The standard InChI is InChI=1S/C25H29N5OS3/c1-14(2)21-10-19(11-32-21)23-28-29-25(30(23)15(3)4)34-13-22(31)27-24-26-20(12-33-24)18-8-7-16(5)17(6)9-18/h7-12,14-15H,13H2,1-6H3,(H,26,27,31). The highest BCUT2D eigenvalue weighted by atomic mass is 32.2. The minimum absolute atomic E-state index is 0.108. The van der Waals surface area contributed by atoms with Gasteiger partial charge in [-0.1, -0.05) is 37.7 Å². The average Bonchev–Trinajstić information content (AvgIpc) is 3.53. The molecule has 0 fully saturated rings. The van der Waals surface area contributed by atoms with E-state index < -0.39 is 0 Å². The molecule has 3 heterocycles. The van der Waals surface area contributed by atoms with E-state index in [1.54, 1.807) is 11.3 Å². The Balaban J connectivity index is 1.42. The molecule has 0 aliphatic heterocycles. The van der Waals surface area contributed by atoms with Gasteiger partial charge in [0.15, 0.2) is 16.1 Å². The van der Waals surface area contributed by atoms with Crippen molar-refractivity contribution in [1.82, 2.24) is 19.7 Å². The number of hydrogen-bond donors (Lipinski definition) is 1. The van der Waals surface area contributed by atoms with Crippen molar-refractivity contribution in [3.05, 3.63) is 51.0 Å². The Bertz CT molecular complexity index is 1300. The Labute approximate surface area is 212 Å². The topological polar surface area (TPSA) is 72.7 Å². The summed E-state index contributed by atoms with van der Waals surface area (Å²) in [5.41, 5.74) is 5.48. The van der Waals surface area contributed by atoms with Crippen molar-refractivity contribution in [2.24, 2.45) is 0 Å². The molecule has 0 unspecified atom stereocenters. The number of aryl methyl sites for hydroxylation is 2. The summed E-state index contributed by atoms with van der Waals surface area (Å²) in [4.78, 5) is 18.6. The van der Waals surface area contributed by atoms with Gasteiger partial charge in [0.1, 0.15) is 0 Å². The second-order valence-corrected chi connectivity index (χ2v) is 11.6. The van der Waals surface area contributed by atoms with Crippen LogP contribution in [0.15, 0.2) is 40.2 Å². The number of thioether (sulfide) groups is 1. The maximum atomic E-state index is 12.6. The molecule has 3 aromatic heterocycles. The molecule has 0 spiro atoms. The molecule has 0 saturated carbocycles. The minimum Gasteiger partial charge on any atom is -0.301 e. The van der Waals surface area contributed by atoms with E-state index in [2.05, 4.69) is 96.3 Å². The van der Waals surface area contributed by atoms with Crippen LogP contribution in [0.25, 0.3) is 22.6 Å². The van der Waals surface area contributed by atoms with Crippen LogP contribution in [0.4, 0.5) is 5.13 Å². The number of carbonyl (C=O) groups excluding carboxylic acids is 1. The first kappa shape index (κ1) is 24.6. The predicted molar refractivity (Wildman–Crippen MR) is 144 cm³/mol. The molecule has 0 atom stereocenters. The maximum absolute atomic E-state index is 12.6. The Kier molecular flexibility index (Phi) is 7.54. The number of amides is 1. The van der Waals surface area contributed by atoms with Gasteiger partial charge in [-0.15, -0.1) is 32.9 Å². The molecule has 1 amide bonds. The van der Waals surface area contributed by atoms with E-state index >= 15 is 0 Å². The van der Waals surface area contributed by atoms with Crippen LogP contribution < -0.4 is 5.32 Å². The van der Waals surface area contributed by atoms with Gasteiger partial charge in [-0.25, -0.2) is 4.98 Å².